The summed E-state index contributed by atoms with van der Waals surface area (Å²) in [4.78, 5) is 11.8. The minimum absolute atomic E-state index is 0.130. The largest absolute Gasteiger partial charge is 0.381 e. The monoisotopic (exact) mass is 184 g/mol. The van der Waals surface area contributed by atoms with Crippen molar-refractivity contribution in [3.63, 3.8) is 0 Å². The lowest BCUT2D eigenvalue weighted by Gasteiger charge is -2.26. The van der Waals surface area contributed by atoms with Gasteiger partial charge in [0.15, 0.2) is 0 Å². The highest BCUT2D eigenvalue weighted by molar-refractivity contribution is 5.84. The highest BCUT2D eigenvalue weighted by Crippen LogP contribution is 2.45. The van der Waals surface area contributed by atoms with E-state index < -0.39 is 0 Å². The Morgan fingerprint density at radius 3 is 2.62 bits per heavy atom. The van der Waals surface area contributed by atoms with Gasteiger partial charge in [0.2, 0.25) is 0 Å². The SMILES string of the molecule is CCC(=O)[C@]1(C)CC(OC)C[C@H]1C. The molecule has 0 bridgehead atoms. The number of carbonyl (C=O) groups excluding carboxylic acids is 1. The molecule has 0 radical (unpaired) electrons. The predicted molar refractivity (Wildman–Crippen MR) is 52.6 cm³/mol. The van der Waals surface area contributed by atoms with Gasteiger partial charge in [-0.2, -0.15) is 0 Å². The van der Waals surface area contributed by atoms with Gasteiger partial charge in [-0.15, -0.1) is 0 Å². The first-order valence-corrected chi connectivity index (χ1v) is 5.10. The van der Waals surface area contributed by atoms with E-state index in [0.29, 0.717) is 18.1 Å². The molecule has 0 amide bonds. The Kier molecular flexibility index (Phi) is 3.12. The van der Waals surface area contributed by atoms with Crippen LogP contribution in [0.15, 0.2) is 0 Å². The molecule has 1 aliphatic rings. The molecule has 0 heterocycles. The van der Waals surface area contributed by atoms with E-state index in [-0.39, 0.29) is 11.5 Å². The van der Waals surface area contributed by atoms with Crippen LogP contribution in [0, 0.1) is 11.3 Å². The van der Waals surface area contributed by atoms with Crippen LogP contribution in [-0.2, 0) is 9.53 Å². The van der Waals surface area contributed by atoms with Crippen molar-refractivity contribution in [1.82, 2.24) is 0 Å². The molecule has 3 atom stereocenters. The molecular formula is C11H20O2. The van der Waals surface area contributed by atoms with Crippen LogP contribution >= 0.6 is 0 Å². The zero-order valence-electron chi connectivity index (χ0n) is 9.09. The first-order valence-electron chi connectivity index (χ1n) is 5.10. The fourth-order valence-corrected chi connectivity index (χ4v) is 2.38. The Labute approximate surface area is 80.7 Å². The van der Waals surface area contributed by atoms with Crippen molar-refractivity contribution in [3.05, 3.63) is 0 Å². The number of methoxy groups -OCH3 is 1. The fourth-order valence-electron chi connectivity index (χ4n) is 2.38. The Morgan fingerprint density at radius 2 is 2.23 bits per heavy atom. The van der Waals surface area contributed by atoms with E-state index in [1.165, 1.54) is 0 Å². The van der Waals surface area contributed by atoms with Crippen molar-refractivity contribution >= 4 is 5.78 Å². The van der Waals surface area contributed by atoms with E-state index in [0.717, 1.165) is 12.8 Å². The number of rotatable bonds is 3. The Morgan fingerprint density at radius 1 is 1.62 bits per heavy atom. The van der Waals surface area contributed by atoms with Gasteiger partial charge in [0, 0.05) is 18.9 Å². The summed E-state index contributed by atoms with van der Waals surface area (Å²) in [6.07, 6.45) is 2.86. The molecule has 0 spiro atoms. The van der Waals surface area contributed by atoms with Crippen molar-refractivity contribution in [2.45, 2.75) is 46.1 Å². The third-order valence-corrected chi connectivity index (χ3v) is 3.65. The lowest BCUT2D eigenvalue weighted by Crippen LogP contribution is -2.30. The molecule has 13 heavy (non-hydrogen) atoms. The molecule has 76 valence electrons. The van der Waals surface area contributed by atoms with Gasteiger partial charge in [0.1, 0.15) is 5.78 Å². The number of Topliss-reactive ketones (excluding diaryl/α,β-unsaturated/α-hetero) is 1. The van der Waals surface area contributed by atoms with Gasteiger partial charge in [-0.1, -0.05) is 20.8 Å². The first-order chi connectivity index (χ1) is 6.04. The van der Waals surface area contributed by atoms with Crippen LogP contribution in [0.25, 0.3) is 0 Å². The number of ether oxygens (including phenoxy) is 1. The van der Waals surface area contributed by atoms with Gasteiger partial charge in [0.25, 0.3) is 0 Å². The van der Waals surface area contributed by atoms with Crippen molar-refractivity contribution in [1.29, 1.82) is 0 Å². The molecule has 1 fully saturated rings. The third-order valence-electron chi connectivity index (χ3n) is 3.65. The average molecular weight is 184 g/mol. The normalized spacial score (nSPS) is 39.4. The highest BCUT2D eigenvalue weighted by atomic mass is 16.5. The zero-order chi connectivity index (χ0) is 10.1. The van der Waals surface area contributed by atoms with E-state index in [9.17, 15) is 4.79 Å². The minimum Gasteiger partial charge on any atom is -0.381 e. The summed E-state index contributed by atoms with van der Waals surface area (Å²) in [6, 6.07) is 0. The van der Waals surface area contributed by atoms with Crippen LogP contribution in [0.5, 0.6) is 0 Å². The lowest BCUT2D eigenvalue weighted by atomic mass is 9.76. The van der Waals surface area contributed by atoms with E-state index in [1.54, 1.807) is 7.11 Å². The second kappa shape index (κ2) is 3.79. The first kappa shape index (κ1) is 10.7. The summed E-state index contributed by atoms with van der Waals surface area (Å²) in [5.74, 6) is 0.851. The second-order valence-corrected chi connectivity index (χ2v) is 4.39. The summed E-state index contributed by atoms with van der Waals surface area (Å²) in [7, 11) is 1.74. The molecule has 0 saturated heterocycles. The zero-order valence-corrected chi connectivity index (χ0v) is 9.09. The number of hydrogen-bond donors (Lipinski definition) is 0. The predicted octanol–water partition coefficient (Wildman–Crippen LogP) is 2.42. The quantitative estimate of drug-likeness (QED) is 0.673. The molecule has 2 nitrogen and oxygen atoms in total. The molecule has 0 aliphatic heterocycles. The number of hydrogen-bond acceptors (Lipinski definition) is 2. The number of ketones is 1. The maximum Gasteiger partial charge on any atom is 0.138 e. The minimum atomic E-state index is -0.130. The van der Waals surface area contributed by atoms with Crippen LogP contribution in [0.1, 0.15) is 40.0 Å². The van der Waals surface area contributed by atoms with Crippen LogP contribution in [-0.4, -0.2) is 19.0 Å². The second-order valence-electron chi connectivity index (χ2n) is 4.39. The van der Waals surface area contributed by atoms with Gasteiger partial charge in [0.05, 0.1) is 6.10 Å². The molecule has 0 N–H and O–H groups in total. The van der Waals surface area contributed by atoms with Gasteiger partial charge >= 0.3 is 0 Å². The molecule has 1 rings (SSSR count). The standard InChI is InChI=1S/C11H20O2/c1-5-10(12)11(3)7-9(13-4)6-8(11)2/h8-9H,5-7H2,1-4H3/t8-,9?,11-/m1/s1. The smallest absolute Gasteiger partial charge is 0.138 e. The van der Waals surface area contributed by atoms with Gasteiger partial charge in [-0.25, -0.2) is 0 Å². The molecule has 0 aromatic heterocycles. The Bertz CT molecular complexity index is 200. The Hall–Kier alpha value is -0.370. The molecular weight excluding hydrogens is 164 g/mol. The molecule has 1 saturated carbocycles. The highest BCUT2D eigenvalue weighted by Gasteiger charge is 2.45. The van der Waals surface area contributed by atoms with Gasteiger partial charge in [-0.3, -0.25) is 4.79 Å². The fraction of sp³-hybridized carbons (Fsp3) is 0.909. The van der Waals surface area contributed by atoms with Gasteiger partial charge in [-0.05, 0) is 18.8 Å². The summed E-state index contributed by atoms with van der Waals surface area (Å²) in [5, 5.41) is 0. The van der Waals surface area contributed by atoms with Crippen molar-refractivity contribution in [3.8, 4) is 0 Å². The number of carbonyl (C=O) groups is 1. The van der Waals surface area contributed by atoms with Gasteiger partial charge < -0.3 is 4.74 Å². The molecule has 0 aromatic rings. The van der Waals surface area contributed by atoms with Crippen LogP contribution in [0.2, 0.25) is 0 Å². The molecule has 0 aromatic carbocycles. The van der Waals surface area contributed by atoms with E-state index in [1.807, 2.05) is 6.92 Å². The van der Waals surface area contributed by atoms with Crippen molar-refractivity contribution in [2.75, 3.05) is 7.11 Å². The summed E-state index contributed by atoms with van der Waals surface area (Å²) in [5.41, 5.74) is -0.130. The van der Waals surface area contributed by atoms with E-state index >= 15 is 0 Å². The molecule has 2 heteroatoms. The topological polar surface area (TPSA) is 26.3 Å². The lowest BCUT2D eigenvalue weighted by molar-refractivity contribution is -0.129. The van der Waals surface area contributed by atoms with Crippen LogP contribution in [0.3, 0.4) is 0 Å². The maximum atomic E-state index is 11.8. The van der Waals surface area contributed by atoms with E-state index in [2.05, 4.69) is 13.8 Å². The molecule has 1 aliphatic carbocycles. The van der Waals surface area contributed by atoms with Crippen LogP contribution < -0.4 is 0 Å². The molecule has 1 unspecified atom stereocenters. The van der Waals surface area contributed by atoms with E-state index in [4.69, 9.17) is 4.74 Å². The van der Waals surface area contributed by atoms with Crippen molar-refractivity contribution in [2.24, 2.45) is 11.3 Å². The summed E-state index contributed by atoms with van der Waals surface area (Å²) >= 11 is 0. The maximum absolute atomic E-state index is 11.8. The average Bonchev–Trinajstić information content (AvgIpc) is 2.42. The third kappa shape index (κ3) is 1.78. The van der Waals surface area contributed by atoms with Crippen molar-refractivity contribution < 1.29 is 9.53 Å². The Balaban J connectivity index is 2.74. The van der Waals surface area contributed by atoms with Crippen LogP contribution in [0.4, 0.5) is 0 Å². The summed E-state index contributed by atoms with van der Waals surface area (Å²) < 4.78 is 5.32. The summed E-state index contributed by atoms with van der Waals surface area (Å²) in [6.45, 7) is 6.19.